The summed E-state index contributed by atoms with van der Waals surface area (Å²) in [6.45, 7) is 5.09. The number of carbonyl (C=O) groups is 1. The number of hydrogen-bond donors (Lipinski definition) is 4. The van der Waals surface area contributed by atoms with Crippen molar-refractivity contribution < 1.29 is 9.90 Å². The number of phenols is 1. The van der Waals surface area contributed by atoms with Crippen molar-refractivity contribution in [1.82, 2.24) is 15.5 Å². The lowest BCUT2D eigenvalue weighted by molar-refractivity contribution is -0.114. The molecule has 2 heterocycles. The number of anilines is 2. The first-order valence-corrected chi connectivity index (χ1v) is 7.25. The topological polar surface area (TPSA) is 93.3 Å². The maximum Gasteiger partial charge on any atom is 0.221 e. The summed E-state index contributed by atoms with van der Waals surface area (Å²) in [4.78, 5) is 13.3. The molecular weight excluding hydrogens is 282 g/mol. The van der Waals surface area contributed by atoms with Crippen LogP contribution >= 0.6 is 0 Å². The predicted molar refractivity (Wildman–Crippen MR) is 85.1 cm³/mol. The van der Waals surface area contributed by atoms with Crippen LogP contribution in [-0.2, 0) is 4.79 Å². The summed E-state index contributed by atoms with van der Waals surface area (Å²) in [6, 6.07) is 5.08. The van der Waals surface area contributed by atoms with Gasteiger partial charge in [-0.05, 0) is 12.1 Å². The highest BCUT2D eigenvalue weighted by Gasteiger charge is 2.19. The lowest BCUT2D eigenvalue weighted by Gasteiger charge is -2.29. The van der Waals surface area contributed by atoms with E-state index in [2.05, 4.69) is 25.7 Å². The van der Waals surface area contributed by atoms with E-state index in [1.54, 1.807) is 24.4 Å². The molecule has 3 rings (SSSR count). The molecule has 1 fully saturated rings. The molecule has 22 heavy (non-hydrogen) atoms. The number of rotatable bonds is 3. The van der Waals surface area contributed by atoms with E-state index in [4.69, 9.17) is 0 Å². The molecule has 0 saturated carbocycles. The van der Waals surface area contributed by atoms with Crippen LogP contribution in [0.3, 0.4) is 0 Å². The van der Waals surface area contributed by atoms with Gasteiger partial charge in [-0.3, -0.25) is 9.89 Å². The van der Waals surface area contributed by atoms with Crippen LogP contribution in [0.5, 0.6) is 5.75 Å². The second kappa shape index (κ2) is 6.07. The summed E-state index contributed by atoms with van der Waals surface area (Å²) in [5.41, 5.74) is 3.00. The fourth-order valence-electron chi connectivity index (χ4n) is 2.65. The Kier molecular flexibility index (Phi) is 3.97. The molecule has 7 heteroatoms. The van der Waals surface area contributed by atoms with Gasteiger partial charge >= 0.3 is 0 Å². The third kappa shape index (κ3) is 2.89. The van der Waals surface area contributed by atoms with Crippen LogP contribution in [0.25, 0.3) is 11.3 Å². The molecule has 1 aromatic carbocycles. The lowest BCUT2D eigenvalue weighted by atomic mass is 10.1. The number of aromatic nitrogens is 2. The second-order valence-electron chi connectivity index (χ2n) is 5.28. The van der Waals surface area contributed by atoms with Crippen molar-refractivity contribution >= 4 is 17.3 Å². The van der Waals surface area contributed by atoms with Crippen LogP contribution < -0.4 is 15.5 Å². The molecule has 1 aliphatic heterocycles. The number of amides is 1. The van der Waals surface area contributed by atoms with Gasteiger partial charge in [0.2, 0.25) is 5.91 Å². The second-order valence-corrected chi connectivity index (χ2v) is 5.28. The van der Waals surface area contributed by atoms with Gasteiger partial charge < -0.3 is 20.6 Å². The van der Waals surface area contributed by atoms with Crippen molar-refractivity contribution in [3.05, 3.63) is 24.4 Å². The maximum absolute atomic E-state index is 11.1. The smallest absolute Gasteiger partial charge is 0.221 e. The Hall–Kier alpha value is -2.54. The average Bonchev–Trinajstić information content (AvgIpc) is 2.97. The first kappa shape index (κ1) is 14.4. The maximum atomic E-state index is 11.1. The number of H-pyrrole nitrogens is 1. The Balaban J connectivity index is 1.91. The molecule has 0 radical (unpaired) electrons. The number of piperazine rings is 1. The van der Waals surface area contributed by atoms with Gasteiger partial charge in [0, 0.05) is 50.4 Å². The zero-order valence-corrected chi connectivity index (χ0v) is 12.4. The Morgan fingerprint density at radius 3 is 2.82 bits per heavy atom. The highest BCUT2D eigenvalue weighted by Crippen LogP contribution is 2.36. The third-order valence-corrected chi connectivity index (χ3v) is 3.66. The van der Waals surface area contributed by atoms with Crippen molar-refractivity contribution in [3.8, 4) is 17.0 Å². The fraction of sp³-hybridized carbons (Fsp3) is 0.333. The summed E-state index contributed by atoms with van der Waals surface area (Å²) in [7, 11) is 0. The first-order valence-electron chi connectivity index (χ1n) is 7.25. The Bertz CT molecular complexity index is 676. The van der Waals surface area contributed by atoms with E-state index < -0.39 is 0 Å². The number of aromatic hydroxyl groups is 1. The Morgan fingerprint density at radius 1 is 1.36 bits per heavy atom. The molecule has 116 valence electrons. The summed E-state index contributed by atoms with van der Waals surface area (Å²) in [5, 5.41) is 23.3. The minimum Gasteiger partial charge on any atom is -0.507 e. The van der Waals surface area contributed by atoms with Crippen LogP contribution in [0.4, 0.5) is 11.4 Å². The summed E-state index contributed by atoms with van der Waals surface area (Å²) >= 11 is 0. The highest BCUT2D eigenvalue weighted by molar-refractivity contribution is 5.90. The van der Waals surface area contributed by atoms with Crippen molar-refractivity contribution in [1.29, 1.82) is 0 Å². The minimum absolute atomic E-state index is 0.104. The Morgan fingerprint density at radius 2 is 2.14 bits per heavy atom. The average molecular weight is 301 g/mol. The number of aromatic amines is 1. The number of phenolic OH excluding ortho intramolecular Hbond substituents is 1. The highest BCUT2D eigenvalue weighted by atomic mass is 16.3. The summed E-state index contributed by atoms with van der Waals surface area (Å²) < 4.78 is 0. The van der Waals surface area contributed by atoms with Crippen LogP contribution in [-0.4, -0.2) is 47.4 Å². The molecule has 0 bridgehead atoms. The molecule has 1 saturated heterocycles. The molecule has 7 nitrogen and oxygen atoms in total. The monoisotopic (exact) mass is 301 g/mol. The SMILES string of the molecule is CC(=O)Nc1ccc(-c2[nH]ncc2N2CCNCC2)c(O)c1. The minimum atomic E-state index is -0.171. The molecule has 0 aliphatic carbocycles. The van der Waals surface area contributed by atoms with Gasteiger partial charge in [0.15, 0.2) is 0 Å². The van der Waals surface area contributed by atoms with Gasteiger partial charge in [0.25, 0.3) is 0 Å². The number of hydrogen-bond acceptors (Lipinski definition) is 5. The van der Waals surface area contributed by atoms with Crippen molar-refractivity contribution in [2.24, 2.45) is 0 Å². The van der Waals surface area contributed by atoms with E-state index in [9.17, 15) is 9.90 Å². The molecule has 1 amide bonds. The van der Waals surface area contributed by atoms with Gasteiger partial charge in [-0.2, -0.15) is 5.10 Å². The molecule has 0 atom stereocenters. The fourth-order valence-corrected chi connectivity index (χ4v) is 2.65. The zero-order valence-electron chi connectivity index (χ0n) is 12.4. The molecule has 2 aromatic rings. The van der Waals surface area contributed by atoms with Crippen LogP contribution in [0.1, 0.15) is 6.92 Å². The van der Waals surface area contributed by atoms with Crippen LogP contribution in [0.2, 0.25) is 0 Å². The Labute approximate surface area is 128 Å². The standard InChI is InChI=1S/C15H19N5O2/c1-10(21)18-11-2-3-12(14(22)8-11)15-13(9-17-19-15)20-6-4-16-5-7-20/h2-3,8-9,16,22H,4-7H2,1H3,(H,17,19)(H,18,21). The summed E-state index contributed by atoms with van der Waals surface area (Å²) in [5.74, 6) is -0.0675. The molecule has 1 aliphatic rings. The normalized spacial score (nSPS) is 14.9. The van der Waals surface area contributed by atoms with Crippen LogP contribution in [0, 0.1) is 0 Å². The predicted octanol–water partition coefficient (Wildman–Crippen LogP) is 1.15. The number of benzene rings is 1. The van der Waals surface area contributed by atoms with Gasteiger partial charge in [0.05, 0.1) is 17.6 Å². The zero-order chi connectivity index (χ0) is 15.5. The number of carbonyl (C=O) groups excluding carboxylic acids is 1. The van der Waals surface area contributed by atoms with Gasteiger partial charge in [0.1, 0.15) is 5.75 Å². The van der Waals surface area contributed by atoms with Crippen molar-refractivity contribution in [3.63, 3.8) is 0 Å². The molecule has 0 spiro atoms. The third-order valence-electron chi connectivity index (χ3n) is 3.66. The van der Waals surface area contributed by atoms with Gasteiger partial charge in [-0.1, -0.05) is 0 Å². The van der Waals surface area contributed by atoms with E-state index >= 15 is 0 Å². The van der Waals surface area contributed by atoms with E-state index in [0.717, 1.165) is 37.6 Å². The van der Waals surface area contributed by atoms with E-state index in [1.807, 2.05) is 0 Å². The summed E-state index contributed by atoms with van der Waals surface area (Å²) in [6.07, 6.45) is 1.78. The van der Waals surface area contributed by atoms with Crippen LogP contribution in [0.15, 0.2) is 24.4 Å². The van der Waals surface area contributed by atoms with Gasteiger partial charge in [-0.25, -0.2) is 0 Å². The lowest BCUT2D eigenvalue weighted by Crippen LogP contribution is -2.43. The van der Waals surface area contributed by atoms with Gasteiger partial charge in [-0.15, -0.1) is 0 Å². The van der Waals surface area contributed by atoms with E-state index in [0.29, 0.717) is 11.3 Å². The molecular formula is C15H19N5O2. The molecule has 4 N–H and O–H groups in total. The quantitative estimate of drug-likeness (QED) is 0.682. The first-order chi connectivity index (χ1) is 10.6. The number of nitrogens with one attached hydrogen (secondary N) is 3. The molecule has 0 unspecified atom stereocenters. The number of nitrogens with zero attached hydrogens (tertiary/aromatic N) is 2. The van der Waals surface area contributed by atoms with Crippen molar-refractivity contribution in [2.45, 2.75) is 6.92 Å². The largest absolute Gasteiger partial charge is 0.507 e. The van der Waals surface area contributed by atoms with E-state index in [1.165, 1.54) is 6.92 Å². The van der Waals surface area contributed by atoms with E-state index in [-0.39, 0.29) is 11.7 Å². The van der Waals surface area contributed by atoms with Crippen molar-refractivity contribution in [2.75, 3.05) is 36.4 Å². The molecule has 1 aromatic heterocycles.